The molecule has 2 aliphatic rings. The van der Waals surface area contributed by atoms with E-state index in [1.54, 1.807) is 0 Å². The van der Waals surface area contributed by atoms with E-state index in [4.69, 9.17) is 9.47 Å². The maximum atomic E-state index is 11.5. The third-order valence-electron chi connectivity index (χ3n) is 4.47. The van der Waals surface area contributed by atoms with E-state index in [0.717, 1.165) is 29.5 Å². The minimum atomic E-state index is -1.34. The lowest BCUT2D eigenvalue weighted by Crippen LogP contribution is -2.35. The van der Waals surface area contributed by atoms with Crippen LogP contribution >= 0.6 is 0 Å². The molecule has 1 atom stereocenters. The number of para-hydroxylation sites is 1. The molecule has 2 aromatic carbocycles. The van der Waals surface area contributed by atoms with Crippen molar-refractivity contribution in [3.63, 3.8) is 0 Å². The maximum absolute atomic E-state index is 11.5. The van der Waals surface area contributed by atoms with Crippen molar-refractivity contribution < 1.29 is 19.4 Å². The van der Waals surface area contributed by atoms with E-state index in [1.165, 1.54) is 0 Å². The predicted molar refractivity (Wildman–Crippen MR) is 80.3 cm³/mol. The molecule has 4 heteroatoms. The van der Waals surface area contributed by atoms with Crippen LogP contribution in [0.15, 0.2) is 42.5 Å². The molecule has 1 saturated carbocycles. The highest BCUT2D eigenvalue weighted by Crippen LogP contribution is 2.59. The predicted octanol–water partition coefficient (Wildman–Crippen LogP) is 3.26. The smallest absolute Gasteiger partial charge is 0.387 e. The van der Waals surface area contributed by atoms with Gasteiger partial charge in [-0.2, -0.15) is 0 Å². The van der Waals surface area contributed by atoms with Gasteiger partial charge in [-0.1, -0.05) is 30.3 Å². The Morgan fingerprint density at radius 2 is 1.77 bits per heavy atom. The fraction of sp³-hybridized carbons (Fsp3) is 0.278. The zero-order valence-corrected chi connectivity index (χ0v) is 12.2. The normalized spacial score (nSPS) is 20.7. The molecule has 22 heavy (non-hydrogen) atoms. The lowest BCUT2D eigenvalue weighted by molar-refractivity contribution is -0.158. The first-order valence-corrected chi connectivity index (χ1v) is 7.37. The number of hydrogen-bond acceptors (Lipinski definition) is 3. The van der Waals surface area contributed by atoms with Gasteiger partial charge in [-0.3, -0.25) is 0 Å². The standard InChI is InChI=1S/C18H16O4/c1-11-6-7-13-15(10-11)22-17(16(19)20)21-14-5-3-2-4-12(14)18(13)8-9-18/h2-7,10,17H,8-9H2,1H3,(H,19,20). The zero-order chi connectivity index (χ0) is 15.3. The van der Waals surface area contributed by atoms with Crippen molar-refractivity contribution in [1.29, 1.82) is 0 Å². The summed E-state index contributed by atoms with van der Waals surface area (Å²) in [6.07, 6.45) is 0.701. The molecule has 1 unspecified atom stereocenters. The number of benzene rings is 2. The Morgan fingerprint density at radius 1 is 1.09 bits per heavy atom. The van der Waals surface area contributed by atoms with Gasteiger partial charge in [-0.15, -0.1) is 0 Å². The molecule has 1 aliphatic heterocycles. The van der Waals surface area contributed by atoms with Gasteiger partial charge in [0, 0.05) is 16.5 Å². The monoisotopic (exact) mass is 296 g/mol. The largest absolute Gasteiger partial charge is 0.476 e. The number of carbonyl (C=O) groups is 1. The second-order valence-electron chi connectivity index (χ2n) is 5.98. The molecule has 0 amide bonds. The van der Waals surface area contributed by atoms with Gasteiger partial charge in [0.2, 0.25) is 0 Å². The summed E-state index contributed by atoms with van der Waals surface area (Å²) in [5.41, 5.74) is 3.03. The van der Waals surface area contributed by atoms with Crippen LogP contribution in [0.4, 0.5) is 0 Å². The SMILES string of the molecule is Cc1ccc2c(c1)OC(C(=O)O)Oc1ccccc1C21CC1. The molecule has 2 aromatic rings. The second kappa shape index (κ2) is 4.50. The number of carboxylic acid groups (broad SMARTS) is 1. The van der Waals surface area contributed by atoms with Crippen molar-refractivity contribution in [1.82, 2.24) is 0 Å². The number of carboxylic acids is 1. The van der Waals surface area contributed by atoms with E-state index < -0.39 is 12.3 Å². The maximum Gasteiger partial charge on any atom is 0.387 e. The fourth-order valence-electron chi connectivity index (χ4n) is 3.25. The summed E-state index contributed by atoms with van der Waals surface area (Å²) in [5.74, 6) is 0.0760. The lowest BCUT2D eigenvalue weighted by atomic mass is 9.86. The third-order valence-corrected chi connectivity index (χ3v) is 4.47. The van der Waals surface area contributed by atoms with Gasteiger partial charge in [-0.05, 0) is 37.5 Å². The fourth-order valence-corrected chi connectivity index (χ4v) is 3.25. The van der Waals surface area contributed by atoms with Crippen LogP contribution in [-0.4, -0.2) is 17.4 Å². The van der Waals surface area contributed by atoms with Crippen LogP contribution < -0.4 is 9.47 Å². The van der Waals surface area contributed by atoms with Gasteiger partial charge in [0.1, 0.15) is 11.5 Å². The summed E-state index contributed by atoms with van der Waals surface area (Å²) < 4.78 is 11.3. The molecule has 112 valence electrons. The van der Waals surface area contributed by atoms with Crippen LogP contribution in [0.25, 0.3) is 0 Å². The van der Waals surface area contributed by atoms with Crippen LogP contribution in [0.1, 0.15) is 29.5 Å². The summed E-state index contributed by atoms with van der Waals surface area (Å²) in [7, 11) is 0. The first-order valence-electron chi connectivity index (χ1n) is 7.37. The van der Waals surface area contributed by atoms with Crippen molar-refractivity contribution in [2.24, 2.45) is 0 Å². The lowest BCUT2D eigenvalue weighted by Gasteiger charge is -2.29. The van der Waals surface area contributed by atoms with Gasteiger partial charge >= 0.3 is 12.3 Å². The van der Waals surface area contributed by atoms with Crippen molar-refractivity contribution in [2.45, 2.75) is 31.5 Å². The highest BCUT2D eigenvalue weighted by Gasteiger charge is 2.50. The molecule has 0 saturated heterocycles. The van der Waals surface area contributed by atoms with Crippen molar-refractivity contribution in [2.75, 3.05) is 0 Å². The average Bonchev–Trinajstić information content (AvgIpc) is 3.27. The number of ether oxygens (including phenoxy) is 2. The van der Waals surface area contributed by atoms with Crippen molar-refractivity contribution in [3.8, 4) is 11.5 Å². The van der Waals surface area contributed by atoms with Crippen LogP contribution in [0.5, 0.6) is 11.5 Å². The van der Waals surface area contributed by atoms with Crippen LogP contribution in [-0.2, 0) is 10.2 Å². The molecule has 1 fully saturated rings. The molecule has 4 nitrogen and oxygen atoms in total. The molecule has 1 heterocycles. The molecule has 0 aromatic heterocycles. The Labute approximate surface area is 128 Å². The Bertz CT molecular complexity index is 761. The summed E-state index contributed by atoms with van der Waals surface area (Å²) >= 11 is 0. The first-order chi connectivity index (χ1) is 10.6. The highest BCUT2D eigenvalue weighted by molar-refractivity contribution is 5.72. The van der Waals surface area contributed by atoms with Gasteiger partial charge in [0.05, 0.1) is 0 Å². The first kappa shape index (κ1) is 13.2. The van der Waals surface area contributed by atoms with Gasteiger partial charge in [-0.25, -0.2) is 4.79 Å². The van der Waals surface area contributed by atoms with Gasteiger partial charge in [0.15, 0.2) is 0 Å². The summed E-state index contributed by atoms with van der Waals surface area (Å²) in [6.45, 7) is 1.96. The van der Waals surface area contributed by atoms with E-state index in [1.807, 2.05) is 43.3 Å². The van der Waals surface area contributed by atoms with Crippen LogP contribution in [0.3, 0.4) is 0 Å². The number of aliphatic carboxylic acids is 1. The van der Waals surface area contributed by atoms with E-state index in [0.29, 0.717) is 11.5 Å². The Morgan fingerprint density at radius 3 is 2.50 bits per heavy atom. The Hall–Kier alpha value is -2.49. The summed E-state index contributed by atoms with van der Waals surface area (Å²) in [5, 5.41) is 9.37. The zero-order valence-electron chi connectivity index (χ0n) is 12.2. The Kier molecular flexibility index (Phi) is 2.70. The minimum absolute atomic E-state index is 0.108. The van der Waals surface area contributed by atoms with Gasteiger partial charge < -0.3 is 14.6 Å². The third kappa shape index (κ3) is 1.87. The molecule has 4 rings (SSSR count). The number of hydrogen-bond donors (Lipinski definition) is 1. The molecular weight excluding hydrogens is 280 g/mol. The summed E-state index contributed by atoms with van der Waals surface area (Å²) in [6, 6.07) is 13.6. The number of rotatable bonds is 1. The molecule has 0 radical (unpaired) electrons. The molecular formula is C18H16O4. The molecule has 1 spiro atoms. The molecule has 1 N–H and O–H groups in total. The average molecular weight is 296 g/mol. The van der Waals surface area contributed by atoms with Crippen LogP contribution in [0, 0.1) is 6.92 Å². The number of fused-ring (bicyclic) bond motifs is 4. The van der Waals surface area contributed by atoms with E-state index in [-0.39, 0.29) is 5.41 Å². The van der Waals surface area contributed by atoms with Crippen molar-refractivity contribution >= 4 is 5.97 Å². The quantitative estimate of drug-likeness (QED) is 0.877. The molecule has 0 bridgehead atoms. The van der Waals surface area contributed by atoms with E-state index in [2.05, 4.69) is 6.07 Å². The number of aryl methyl sites for hydroxylation is 1. The second-order valence-corrected chi connectivity index (χ2v) is 5.98. The molecule has 1 aliphatic carbocycles. The van der Waals surface area contributed by atoms with Gasteiger partial charge in [0.25, 0.3) is 0 Å². The summed E-state index contributed by atoms with van der Waals surface area (Å²) in [4.78, 5) is 11.5. The minimum Gasteiger partial charge on any atom is -0.476 e. The van der Waals surface area contributed by atoms with Crippen LogP contribution in [0.2, 0.25) is 0 Å². The highest BCUT2D eigenvalue weighted by atomic mass is 16.7. The van der Waals surface area contributed by atoms with Crippen molar-refractivity contribution in [3.05, 3.63) is 59.2 Å². The van der Waals surface area contributed by atoms with E-state index in [9.17, 15) is 9.90 Å². The van der Waals surface area contributed by atoms with E-state index >= 15 is 0 Å². The topological polar surface area (TPSA) is 55.8 Å². The Balaban J connectivity index is 1.95.